The van der Waals surface area contributed by atoms with Gasteiger partial charge in [0.2, 0.25) is 0 Å². The third kappa shape index (κ3) is 2.77. The summed E-state index contributed by atoms with van der Waals surface area (Å²) in [5, 5.41) is 2.89. The average molecular weight is 273 g/mol. The van der Waals surface area contributed by atoms with E-state index in [0.29, 0.717) is 17.9 Å². The summed E-state index contributed by atoms with van der Waals surface area (Å²) < 4.78 is 13.8. The first-order valence-electron chi connectivity index (χ1n) is 6.36. The molecule has 5 heteroatoms. The second-order valence-electron chi connectivity index (χ2n) is 4.24. The van der Waals surface area contributed by atoms with Crippen LogP contribution < -0.4 is 10.2 Å². The van der Waals surface area contributed by atoms with Gasteiger partial charge in [0.05, 0.1) is 11.3 Å². The lowest BCUT2D eigenvalue weighted by Crippen LogP contribution is -2.28. The number of carbonyl (C=O) groups excluding carboxylic acids is 1. The molecule has 0 aliphatic heterocycles. The van der Waals surface area contributed by atoms with E-state index in [2.05, 4.69) is 10.3 Å². The maximum atomic E-state index is 13.8. The summed E-state index contributed by atoms with van der Waals surface area (Å²) in [7, 11) is 1.62. The van der Waals surface area contributed by atoms with Crippen LogP contribution in [0, 0.1) is 5.82 Å². The number of carbonyl (C=O) groups is 1. The van der Waals surface area contributed by atoms with E-state index in [9.17, 15) is 9.18 Å². The van der Waals surface area contributed by atoms with Crippen molar-refractivity contribution >= 4 is 17.4 Å². The fourth-order valence-electron chi connectivity index (χ4n) is 1.90. The average Bonchev–Trinajstić information content (AvgIpc) is 2.49. The first-order chi connectivity index (χ1) is 9.65. The van der Waals surface area contributed by atoms with Crippen molar-refractivity contribution in [3.05, 3.63) is 54.0 Å². The second-order valence-corrected chi connectivity index (χ2v) is 4.24. The van der Waals surface area contributed by atoms with Crippen LogP contribution in [0.15, 0.2) is 42.6 Å². The number of rotatable bonds is 4. The van der Waals surface area contributed by atoms with E-state index < -0.39 is 5.82 Å². The Morgan fingerprint density at radius 1 is 1.30 bits per heavy atom. The molecule has 2 rings (SSSR count). The number of pyridine rings is 1. The number of para-hydroxylation sites is 1. The molecule has 1 aromatic heterocycles. The zero-order chi connectivity index (χ0) is 14.5. The Bertz CT molecular complexity index is 601. The van der Waals surface area contributed by atoms with Crippen LogP contribution in [0.3, 0.4) is 0 Å². The number of amides is 1. The Balaban J connectivity index is 2.36. The van der Waals surface area contributed by atoms with E-state index in [0.717, 1.165) is 0 Å². The molecule has 1 amide bonds. The van der Waals surface area contributed by atoms with Gasteiger partial charge in [-0.25, -0.2) is 9.37 Å². The van der Waals surface area contributed by atoms with Crippen molar-refractivity contribution in [3.8, 4) is 0 Å². The van der Waals surface area contributed by atoms with Crippen LogP contribution in [-0.2, 0) is 0 Å². The predicted octanol–water partition coefficient (Wildman–Crippen LogP) is 2.93. The van der Waals surface area contributed by atoms with Crippen molar-refractivity contribution in [1.29, 1.82) is 0 Å². The molecule has 1 aromatic carbocycles. The van der Waals surface area contributed by atoms with Crippen molar-refractivity contribution in [3.63, 3.8) is 0 Å². The molecule has 0 spiro atoms. The summed E-state index contributed by atoms with van der Waals surface area (Å²) in [6, 6.07) is 9.75. The lowest BCUT2D eigenvalue weighted by molar-refractivity contribution is 0.0992. The SMILES string of the molecule is CCNc1c(F)cccc1C(=O)N(C)c1ccccn1. The highest BCUT2D eigenvalue weighted by atomic mass is 19.1. The Hall–Kier alpha value is -2.43. The molecule has 104 valence electrons. The van der Waals surface area contributed by atoms with Gasteiger partial charge < -0.3 is 5.32 Å². The quantitative estimate of drug-likeness (QED) is 0.931. The van der Waals surface area contributed by atoms with Gasteiger partial charge in [0.1, 0.15) is 11.6 Å². The monoisotopic (exact) mass is 273 g/mol. The van der Waals surface area contributed by atoms with Gasteiger partial charge >= 0.3 is 0 Å². The van der Waals surface area contributed by atoms with E-state index in [1.807, 2.05) is 6.92 Å². The standard InChI is InChI=1S/C15H16FN3O/c1-3-17-14-11(7-6-8-12(14)16)15(20)19(2)13-9-4-5-10-18-13/h4-10,17H,3H2,1-2H3. The van der Waals surface area contributed by atoms with Crippen molar-refractivity contribution in [2.75, 3.05) is 23.8 Å². The molecular weight excluding hydrogens is 257 g/mol. The predicted molar refractivity (Wildman–Crippen MR) is 77.5 cm³/mol. The fraction of sp³-hybridized carbons (Fsp3) is 0.200. The van der Waals surface area contributed by atoms with Gasteiger partial charge in [0, 0.05) is 19.8 Å². The Labute approximate surface area is 117 Å². The zero-order valence-corrected chi connectivity index (χ0v) is 11.4. The number of anilines is 2. The minimum absolute atomic E-state index is 0.225. The van der Waals surface area contributed by atoms with Gasteiger partial charge in [-0.1, -0.05) is 12.1 Å². The molecule has 2 aromatic rings. The third-order valence-corrected chi connectivity index (χ3v) is 2.90. The molecule has 0 fully saturated rings. The van der Waals surface area contributed by atoms with Crippen LogP contribution >= 0.6 is 0 Å². The Morgan fingerprint density at radius 2 is 2.10 bits per heavy atom. The topological polar surface area (TPSA) is 45.2 Å². The molecule has 0 atom stereocenters. The maximum Gasteiger partial charge on any atom is 0.261 e. The molecule has 0 bridgehead atoms. The highest BCUT2D eigenvalue weighted by Crippen LogP contribution is 2.22. The molecular formula is C15H16FN3O. The van der Waals surface area contributed by atoms with Crippen LogP contribution in [0.5, 0.6) is 0 Å². The third-order valence-electron chi connectivity index (χ3n) is 2.90. The van der Waals surface area contributed by atoms with Crippen molar-refractivity contribution in [2.45, 2.75) is 6.92 Å². The fourth-order valence-corrected chi connectivity index (χ4v) is 1.90. The number of aromatic nitrogens is 1. The number of nitrogens with zero attached hydrogens (tertiary/aromatic N) is 2. The number of benzene rings is 1. The molecule has 0 unspecified atom stereocenters. The molecule has 0 radical (unpaired) electrons. The van der Waals surface area contributed by atoms with E-state index in [-0.39, 0.29) is 11.6 Å². The van der Waals surface area contributed by atoms with Crippen LogP contribution in [0.1, 0.15) is 17.3 Å². The van der Waals surface area contributed by atoms with Crippen LogP contribution in [-0.4, -0.2) is 24.5 Å². The highest BCUT2D eigenvalue weighted by molar-refractivity contribution is 6.08. The zero-order valence-electron chi connectivity index (χ0n) is 11.4. The molecule has 0 aliphatic carbocycles. The minimum Gasteiger partial charge on any atom is -0.382 e. The van der Waals surface area contributed by atoms with Crippen LogP contribution in [0.25, 0.3) is 0 Å². The maximum absolute atomic E-state index is 13.8. The summed E-state index contributed by atoms with van der Waals surface area (Å²) in [4.78, 5) is 18.0. The normalized spacial score (nSPS) is 10.2. The van der Waals surface area contributed by atoms with Crippen LogP contribution in [0.4, 0.5) is 15.9 Å². The van der Waals surface area contributed by atoms with Gasteiger partial charge in [-0.15, -0.1) is 0 Å². The van der Waals surface area contributed by atoms with Crippen molar-refractivity contribution in [1.82, 2.24) is 4.98 Å². The van der Waals surface area contributed by atoms with Gasteiger partial charge in [0.25, 0.3) is 5.91 Å². The number of halogens is 1. The molecule has 4 nitrogen and oxygen atoms in total. The summed E-state index contributed by atoms with van der Waals surface area (Å²) >= 11 is 0. The second kappa shape index (κ2) is 6.14. The Morgan fingerprint density at radius 3 is 2.75 bits per heavy atom. The van der Waals surface area contributed by atoms with Crippen molar-refractivity contribution < 1.29 is 9.18 Å². The van der Waals surface area contributed by atoms with E-state index in [4.69, 9.17) is 0 Å². The Kier molecular flexibility index (Phi) is 4.30. The molecule has 0 saturated carbocycles. The highest BCUT2D eigenvalue weighted by Gasteiger charge is 2.19. The van der Waals surface area contributed by atoms with Gasteiger partial charge in [-0.3, -0.25) is 9.69 Å². The first-order valence-corrected chi connectivity index (χ1v) is 6.36. The first kappa shape index (κ1) is 14.0. The number of hydrogen-bond acceptors (Lipinski definition) is 3. The lowest BCUT2D eigenvalue weighted by atomic mass is 10.1. The van der Waals surface area contributed by atoms with Crippen molar-refractivity contribution in [2.24, 2.45) is 0 Å². The number of hydrogen-bond donors (Lipinski definition) is 1. The molecule has 0 saturated heterocycles. The largest absolute Gasteiger partial charge is 0.382 e. The van der Waals surface area contributed by atoms with Gasteiger partial charge in [0.15, 0.2) is 0 Å². The van der Waals surface area contributed by atoms with Gasteiger partial charge in [-0.05, 0) is 31.2 Å². The molecule has 1 N–H and O–H groups in total. The summed E-state index contributed by atoms with van der Waals surface area (Å²) in [5.74, 6) is -0.226. The summed E-state index contributed by atoms with van der Waals surface area (Å²) in [6.45, 7) is 2.39. The molecule has 1 heterocycles. The lowest BCUT2D eigenvalue weighted by Gasteiger charge is -2.18. The number of nitrogens with one attached hydrogen (secondary N) is 1. The van der Waals surface area contributed by atoms with E-state index in [1.165, 1.54) is 17.0 Å². The van der Waals surface area contributed by atoms with E-state index >= 15 is 0 Å². The summed E-state index contributed by atoms with van der Waals surface area (Å²) in [5.41, 5.74) is 0.516. The van der Waals surface area contributed by atoms with Crippen LogP contribution in [0.2, 0.25) is 0 Å². The summed E-state index contributed by atoms with van der Waals surface area (Å²) in [6.07, 6.45) is 1.61. The minimum atomic E-state index is -0.438. The van der Waals surface area contributed by atoms with E-state index in [1.54, 1.807) is 37.5 Å². The molecule has 20 heavy (non-hydrogen) atoms. The van der Waals surface area contributed by atoms with Gasteiger partial charge in [-0.2, -0.15) is 0 Å². The molecule has 0 aliphatic rings. The smallest absolute Gasteiger partial charge is 0.261 e.